The molecule has 0 unspecified atom stereocenters. The zero-order chi connectivity index (χ0) is 12.8. The molecule has 0 spiro atoms. The third kappa shape index (κ3) is 5.37. The van der Waals surface area contributed by atoms with E-state index in [1.54, 1.807) is 6.20 Å². The van der Waals surface area contributed by atoms with Gasteiger partial charge >= 0.3 is 0 Å². The Morgan fingerprint density at radius 2 is 2.00 bits per heavy atom. The summed E-state index contributed by atoms with van der Waals surface area (Å²) in [5, 5.41) is 7.37. The molecule has 0 aliphatic carbocycles. The van der Waals surface area contributed by atoms with E-state index in [1.807, 2.05) is 6.07 Å². The molecule has 96 valence electrons. The predicted molar refractivity (Wildman–Crippen MR) is 74.6 cm³/mol. The smallest absolute Gasteiger partial charge is 0.126 e. The van der Waals surface area contributed by atoms with Crippen LogP contribution < -0.4 is 10.6 Å². The van der Waals surface area contributed by atoms with Crippen molar-refractivity contribution in [3.8, 4) is 0 Å². The van der Waals surface area contributed by atoms with Gasteiger partial charge in [0.1, 0.15) is 5.82 Å². The van der Waals surface area contributed by atoms with Gasteiger partial charge in [0.15, 0.2) is 0 Å². The second kappa shape index (κ2) is 6.82. The molecular formula is C13H22ClN3. The molecule has 0 atom stereocenters. The van der Waals surface area contributed by atoms with E-state index in [2.05, 4.69) is 43.3 Å². The van der Waals surface area contributed by atoms with E-state index in [1.165, 1.54) is 0 Å². The number of anilines is 1. The van der Waals surface area contributed by atoms with Gasteiger partial charge in [-0.25, -0.2) is 4.98 Å². The van der Waals surface area contributed by atoms with E-state index in [4.69, 9.17) is 11.6 Å². The van der Waals surface area contributed by atoms with Gasteiger partial charge in [-0.1, -0.05) is 25.4 Å². The first-order valence-corrected chi connectivity index (χ1v) is 6.48. The highest BCUT2D eigenvalue weighted by atomic mass is 35.5. The van der Waals surface area contributed by atoms with Crippen LogP contribution in [0.1, 0.15) is 33.3 Å². The normalized spacial score (nSPS) is 11.2. The molecule has 0 radical (unpaired) electrons. The monoisotopic (exact) mass is 255 g/mol. The number of nitrogens with one attached hydrogen (secondary N) is 2. The molecule has 0 amide bonds. The Labute approximate surface area is 109 Å². The minimum atomic E-state index is 0.375. The maximum atomic E-state index is 6.12. The van der Waals surface area contributed by atoms with Crippen LogP contribution in [0.4, 0.5) is 5.82 Å². The third-order valence-electron chi connectivity index (χ3n) is 2.24. The first-order chi connectivity index (χ1) is 7.99. The average Bonchev–Trinajstić information content (AvgIpc) is 2.21. The van der Waals surface area contributed by atoms with Gasteiger partial charge in [-0.2, -0.15) is 0 Å². The molecule has 2 N–H and O–H groups in total. The first kappa shape index (κ1) is 14.3. The average molecular weight is 256 g/mol. The minimum absolute atomic E-state index is 0.375. The van der Waals surface area contributed by atoms with Gasteiger partial charge in [0.05, 0.1) is 5.02 Å². The van der Waals surface area contributed by atoms with Crippen molar-refractivity contribution in [2.45, 2.75) is 40.3 Å². The quantitative estimate of drug-likeness (QED) is 0.819. The fourth-order valence-corrected chi connectivity index (χ4v) is 1.66. The molecule has 0 fully saturated rings. The molecular weight excluding hydrogens is 234 g/mol. The van der Waals surface area contributed by atoms with Crippen LogP contribution in [0.5, 0.6) is 0 Å². The summed E-state index contributed by atoms with van der Waals surface area (Å²) < 4.78 is 0. The Balaban J connectivity index is 2.63. The minimum Gasteiger partial charge on any atom is -0.368 e. The van der Waals surface area contributed by atoms with E-state index in [0.29, 0.717) is 12.0 Å². The van der Waals surface area contributed by atoms with Crippen LogP contribution in [0.25, 0.3) is 0 Å². The number of nitrogens with zero attached hydrogens (tertiary/aromatic N) is 1. The Morgan fingerprint density at radius 3 is 2.59 bits per heavy atom. The topological polar surface area (TPSA) is 37.0 Å². The van der Waals surface area contributed by atoms with Crippen molar-refractivity contribution in [2.24, 2.45) is 5.92 Å². The molecule has 0 bridgehead atoms. The van der Waals surface area contributed by atoms with Crippen molar-refractivity contribution in [3.63, 3.8) is 0 Å². The Morgan fingerprint density at radius 1 is 1.29 bits per heavy atom. The van der Waals surface area contributed by atoms with Crippen molar-refractivity contribution in [1.29, 1.82) is 0 Å². The van der Waals surface area contributed by atoms with E-state index in [0.717, 1.165) is 29.5 Å². The highest BCUT2D eigenvalue weighted by molar-refractivity contribution is 6.31. The Kier molecular flexibility index (Phi) is 5.72. The number of halogens is 1. The molecule has 17 heavy (non-hydrogen) atoms. The Hall–Kier alpha value is -0.800. The van der Waals surface area contributed by atoms with Crippen LogP contribution in [0.3, 0.4) is 0 Å². The SMILES string of the molecule is CC(C)CNCc1cc(NC(C)C)ncc1Cl. The summed E-state index contributed by atoms with van der Waals surface area (Å²) in [4.78, 5) is 4.25. The van der Waals surface area contributed by atoms with Crippen molar-refractivity contribution >= 4 is 17.4 Å². The Bertz CT molecular complexity index is 351. The summed E-state index contributed by atoms with van der Waals surface area (Å²) in [6, 6.07) is 2.38. The lowest BCUT2D eigenvalue weighted by molar-refractivity contribution is 0.552. The summed E-state index contributed by atoms with van der Waals surface area (Å²) in [5.74, 6) is 1.52. The summed E-state index contributed by atoms with van der Waals surface area (Å²) in [7, 11) is 0. The molecule has 3 nitrogen and oxygen atoms in total. The molecule has 0 aliphatic heterocycles. The predicted octanol–water partition coefficient (Wildman–Crippen LogP) is 3.30. The maximum absolute atomic E-state index is 6.12. The second-order valence-electron chi connectivity index (χ2n) is 4.98. The van der Waals surface area contributed by atoms with Crippen LogP contribution in [-0.4, -0.2) is 17.6 Å². The fraction of sp³-hybridized carbons (Fsp3) is 0.615. The molecule has 0 aliphatic rings. The van der Waals surface area contributed by atoms with E-state index in [-0.39, 0.29) is 0 Å². The number of rotatable bonds is 6. The molecule has 1 heterocycles. The largest absolute Gasteiger partial charge is 0.368 e. The van der Waals surface area contributed by atoms with Crippen molar-refractivity contribution < 1.29 is 0 Å². The van der Waals surface area contributed by atoms with E-state index >= 15 is 0 Å². The fourth-order valence-electron chi connectivity index (χ4n) is 1.49. The van der Waals surface area contributed by atoms with E-state index in [9.17, 15) is 0 Å². The summed E-state index contributed by atoms with van der Waals surface area (Å²) in [6.45, 7) is 10.3. The second-order valence-corrected chi connectivity index (χ2v) is 5.39. The molecule has 1 aromatic heterocycles. The van der Waals surface area contributed by atoms with E-state index < -0.39 is 0 Å². The standard InChI is InChI=1S/C13H22ClN3/c1-9(2)6-15-7-11-5-13(17-10(3)4)16-8-12(11)14/h5,8-10,15H,6-7H2,1-4H3,(H,16,17). The number of pyridine rings is 1. The molecule has 0 aromatic carbocycles. The number of aromatic nitrogens is 1. The zero-order valence-electron chi connectivity index (χ0n) is 11.0. The lowest BCUT2D eigenvalue weighted by atomic mass is 10.2. The van der Waals surface area contributed by atoms with Crippen LogP contribution in [0.15, 0.2) is 12.3 Å². The van der Waals surface area contributed by atoms with Gasteiger partial charge in [0.25, 0.3) is 0 Å². The van der Waals surface area contributed by atoms with Gasteiger partial charge in [0.2, 0.25) is 0 Å². The highest BCUT2D eigenvalue weighted by Crippen LogP contribution is 2.18. The lowest BCUT2D eigenvalue weighted by Gasteiger charge is -2.12. The molecule has 4 heteroatoms. The number of hydrogen-bond donors (Lipinski definition) is 2. The van der Waals surface area contributed by atoms with Gasteiger partial charge in [-0.3, -0.25) is 0 Å². The van der Waals surface area contributed by atoms with Crippen molar-refractivity contribution in [2.75, 3.05) is 11.9 Å². The van der Waals surface area contributed by atoms with Gasteiger partial charge in [-0.15, -0.1) is 0 Å². The van der Waals surface area contributed by atoms with Crippen LogP contribution in [0.2, 0.25) is 5.02 Å². The number of hydrogen-bond acceptors (Lipinski definition) is 3. The zero-order valence-corrected chi connectivity index (χ0v) is 11.8. The van der Waals surface area contributed by atoms with Crippen molar-refractivity contribution in [1.82, 2.24) is 10.3 Å². The van der Waals surface area contributed by atoms with Gasteiger partial charge in [0, 0.05) is 18.8 Å². The molecule has 1 aromatic rings. The highest BCUT2D eigenvalue weighted by Gasteiger charge is 2.04. The first-order valence-electron chi connectivity index (χ1n) is 6.10. The summed E-state index contributed by atoms with van der Waals surface area (Å²) in [5.41, 5.74) is 1.09. The molecule has 0 saturated heterocycles. The molecule has 1 rings (SSSR count). The molecule has 0 saturated carbocycles. The van der Waals surface area contributed by atoms with Gasteiger partial charge in [-0.05, 0) is 37.9 Å². The maximum Gasteiger partial charge on any atom is 0.126 e. The van der Waals surface area contributed by atoms with Gasteiger partial charge < -0.3 is 10.6 Å². The van der Waals surface area contributed by atoms with Crippen molar-refractivity contribution in [3.05, 3.63) is 22.8 Å². The third-order valence-corrected chi connectivity index (χ3v) is 2.58. The summed E-state index contributed by atoms with van der Waals surface area (Å²) in [6.07, 6.45) is 1.71. The summed E-state index contributed by atoms with van der Waals surface area (Å²) >= 11 is 6.12. The van der Waals surface area contributed by atoms with Crippen LogP contribution >= 0.6 is 11.6 Å². The van der Waals surface area contributed by atoms with Crippen LogP contribution in [-0.2, 0) is 6.54 Å². The lowest BCUT2D eigenvalue weighted by Crippen LogP contribution is -2.19. The van der Waals surface area contributed by atoms with Crippen LogP contribution in [0, 0.1) is 5.92 Å².